The molecule has 0 atom stereocenters. The van der Waals surface area contributed by atoms with Crippen LogP contribution >= 0.6 is 0 Å². The van der Waals surface area contributed by atoms with E-state index in [9.17, 15) is 0 Å². The lowest BCUT2D eigenvalue weighted by atomic mass is 11.0. The third-order valence-electron chi connectivity index (χ3n) is 0.118. The third kappa shape index (κ3) is 95.8. The van der Waals surface area contributed by atoms with Crippen LogP contribution in [0.2, 0.25) is 0 Å². The third-order valence-corrected chi connectivity index (χ3v) is 0.118. The van der Waals surface area contributed by atoms with Gasteiger partial charge in [0.05, 0.1) is 0 Å². The molecule has 6 heavy (non-hydrogen) atoms. The predicted octanol–water partition coefficient (Wildman–Crippen LogP) is 0.388. The van der Waals surface area contributed by atoms with Crippen LogP contribution in [0, 0.1) is 0 Å². The molecular formula is C4H11NO. The molecule has 2 nitrogen and oxygen atoms in total. The van der Waals surface area contributed by atoms with Crippen molar-refractivity contribution in [3.05, 3.63) is 0 Å². The van der Waals surface area contributed by atoms with Crippen LogP contribution in [0.4, 0.5) is 0 Å². The van der Waals surface area contributed by atoms with Crippen LogP contribution in [0.3, 0.4) is 0 Å². The SMILES string of the molecule is CC.CNC=O. The minimum Gasteiger partial charge on any atom is -0.362 e. The van der Waals surface area contributed by atoms with Gasteiger partial charge in [0.25, 0.3) is 0 Å². The summed E-state index contributed by atoms with van der Waals surface area (Å²) in [4.78, 5) is 9.06. The van der Waals surface area contributed by atoms with Crippen molar-refractivity contribution in [2.24, 2.45) is 0 Å². The number of hydrogen-bond acceptors (Lipinski definition) is 1. The maximum atomic E-state index is 9.06. The van der Waals surface area contributed by atoms with Crippen LogP contribution < -0.4 is 5.32 Å². The largest absolute Gasteiger partial charge is 0.362 e. The van der Waals surface area contributed by atoms with E-state index in [2.05, 4.69) is 5.32 Å². The average Bonchev–Trinajstić information content (AvgIpc) is 1.72. The standard InChI is InChI=1S/C2H5NO.C2H6/c1-3-2-4;1-2/h2H,1H3,(H,3,4);1-2H3. The highest BCUT2D eigenvalue weighted by atomic mass is 16.1. The second kappa shape index (κ2) is 24.9. The van der Waals surface area contributed by atoms with E-state index in [1.54, 1.807) is 7.05 Å². The van der Waals surface area contributed by atoms with Gasteiger partial charge in [0.1, 0.15) is 0 Å². The fraction of sp³-hybridized carbons (Fsp3) is 0.750. The monoisotopic (exact) mass is 89.1 g/mol. The van der Waals surface area contributed by atoms with Crippen molar-refractivity contribution in [1.82, 2.24) is 5.32 Å². The molecule has 0 unspecified atom stereocenters. The van der Waals surface area contributed by atoms with Crippen LogP contribution in [0.1, 0.15) is 13.8 Å². The summed E-state index contributed by atoms with van der Waals surface area (Å²) in [6.45, 7) is 4.00. The van der Waals surface area contributed by atoms with Crippen molar-refractivity contribution < 1.29 is 4.79 Å². The Kier molecular flexibility index (Phi) is 37.7. The van der Waals surface area contributed by atoms with Gasteiger partial charge < -0.3 is 5.32 Å². The van der Waals surface area contributed by atoms with Crippen LogP contribution in [-0.2, 0) is 4.79 Å². The molecule has 38 valence electrons. The van der Waals surface area contributed by atoms with Gasteiger partial charge in [-0.25, -0.2) is 0 Å². The molecule has 0 rings (SSSR count). The molecule has 0 radical (unpaired) electrons. The van der Waals surface area contributed by atoms with E-state index in [4.69, 9.17) is 4.79 Å². The molecule has 0 fully saturated rings. The zero-order valence-electron chi connectivity index (χ0n) is 4.49. The second-order valence-corrected chi connectivity index (χ2v) is 0.407. The summed E-state index contributed by atoms with van der Waals surface area (Å²) in [7, 11) is 1.56. The lowest BCUT2D eigenvalue weighted by molar-refractivity contribution is -0.109. The quantitative estimate of drug-likeness (QED) is 0.462. The molecule has 0 aromatic rings. The van der Waals surface area contributed by atoms with E-state index in [1.165, 1.54) is 0 Å². The lowest BCUT2D eigenvalue weighted by Gasteiger charge is -1.64. The Labute approximate surface area is 38.6 Å². The van der Waals surface area contributed by atoms with Crippen molar-refractivity contribution >= 4 is 6.41 Å². The van der Waals surface area contributed by atoms with E-state index in [0.717, 1.165) is 0 Å². The summed E-state index contributed by atoms with van der Waals surface area (Å²) >= 11 is 0. The average molecular weight is 89.1 g/mol. The van der Waals surface area contributed by atoms with E-state index >= 15 is 0 Å². The van der Waals surface area contributed by atoms with Crippen molar-refractivity contribution in [2.75, 3.05) is 7.05 Å². The lowest BCUT2D eigenvalue weighted by Crippen LogP contribution is -1.98. The minimum absolute atomic E-state index is 0.625. The van der Waals surface area contributed by atoms with E-state index in [1.807, 2.05) is 13.8 Å². The Hall–Kier alpha value is -0.530. The van der Waals surface area contributed by atoms with Gasteiger partial charge in [-0.2, -0.15) is 0 Å². The Morgan fingerprint density at radius 1 is 1.50 bits per heavy atom. The van der Waals surface area contributed by atoms with Gasteiger partial charge in [0.2, 0.25) is 6.41 Å². The van der Waals surface area contributed by atoms with Gasteiger partial charge in [0, 0.05) is 7.05 Å². The minimum atomic E-state index is 0.625. The fourth-order valence-corrected chi connectivity index (χ4v) is 0. The molecule has 0 bridgehead atoms. The summed E-state index contributed by atoms with van der Waals surface area (Å²) in [5.74, 6) is 0. The molecule has 2 heteroatoms. The molecule has 0 saturated heterocycles. The van der Waals surface area contributed by atoms with Crippen molar-refractivity contribution in [3.8, 4) is 0 Å². The first kappa shape index (κ1) is 9.08. The summed E-state index contributed by atoms with van der Waals surface area (Å²) in [5, 5.41) is 2.25. The van der Waals surface area contributed by atoms with Crippen molar-refractivity contribution in [1.29, 1.82) is 0 Å². The molecule has 1 amide bonds. The summed E-state index contributed by atoms with van der Waals surface area (Å²) in [6, 6.07) is 0. The summed E-state index contributed by atoms with van der Waals surface area (Å²) in [6.07, 6.45) is 0.625. The molecule has 0 aliphatic heterocycles. The number of hydrogen-bond donors (Lipinski definition) is 1. The van der Waals surface area contributed by atoms with Gasteiger partial charge >= 0.3 is 0 Å². The first-order chi connectivity index (χ1) is 2.91. The fourth-order valence-electron chi connectivity index (χ4n) is 0. The molecule has 0 aromatic carbocycles. The van der Waals surface area contributed by atoms with Gasteiger partial charge in [0.15, 0.2) is 0 Å². The van der Waals surface area contributed by atoms with E-state index in [-0.39, 0.29) is 0 Å². The van der Waals surface area contributed by atoms with Gasteiger partial charge in [-0.05, 0) is 0 Å². The highest BCUT2D eigenvalue weighted by Crippen LogP contribution is 1.14. The number of nitrogens with one attached hydrogen (secondary N) is 1. The first-order valence-corrected chi connectivity index (χ1v) is 2.02. The molecule has 1 N–H and O–H groups in total. The number of rotatable bonds is 1. The number of carbonyl (C=O) groups is 1. The maximum absolute atomic E-state index is 9.06. The molecule has 0 spiro atoms. The van der Waals surface area contributed by atoms with Crippen LogP contribution in [-0.4, -0.2) is 13.5 Å². The normalized spacial score (nSPS) is 4.50. The molecular weight excluding hydrogens is 78.0 g/mol. The molecule has 0 aliphatic rings. The Morgan fingerprint density at radius 2 is 1.67 bits per heavy atom. The van der Waals surface area contributed by atoms with Crippen LogP contribution in [0.15, 0.2) is 0 Å². The molecule has 0 aromatic heterocycles. The highest BCUT2D eigenvalue weighted by molar-refractivity contribution is 5.44. The van der Waals surface area contributed by atoms with Crippen LogP contribution in [0.5, 0.6) is 0 Å². The Bertz CT molecular complexity index is 21.5. The second-order valence-electron chi connectivity index (χ2n) is 0.407. The molecule has 0 saturated carbocycles. The molecule has 0 aliphatic carbocycles. The van der Waals surface area contributed by atoms with Crippen molar-refractivity contribution in [2.45, 2.75) is 13.8 Å². The zero-order valence-corrected chi connectivity index (χ0v) is 4.49. The number of carbonyl (C=O) groups excluding carboxylic acids is 1. The van der Waals surface area contributed by atoms with Crippen molar-refractivity contribution in [3.63, 3.8) is 0 Å². The maximum Gasteiger partial charge on any atom is 0.206 e. The highest BCUT2D eigenvalue weighted by Gasteiger charge is 1.43. The number of amides is 1. The summed E-state index contributed by atoms with van der Waals surface area (Å²) < 4.78 is 0. The van der Waals surface area contributed by atoms with Gasteiger partial charge in [-0.1, -0.05) is 13.8 Å². The molecule has 0 heterocycles. The topological polar surface area (TPSA) is 29.1 Å². The Balaban J connectivity index is 0. The van der Waals surface area contributed by atoms with Gasteiger partial charge in [-0.3, -0.25) is 4.79 Å². The van der Waals surface area contributed by atoms with E-state index < -0.39 is 0 Å². The van der Waals surface area contributed by atoms with Crippen LogP contribution in [0.25, 0.3) is 0 Å². The zero-order chi connectivity index (χ0) is 5.41. The van der Waals surface area contributed by atoms with Gasteiger partial charge in [-0.15, -0.1) is 0 Å². The summed E-state index contributed by atoms with van der Waals surface area (Å²) in [5.41, 5.74) is 0. The first-order valence-electron chi connectivity index (χ1n) is 2.02. The smallest absolute Gasteiger partial charge is 0.206 e. The Morgan fingerprint density at radius 3 is 1.67 bits per heavy atom. The van der Waals surface area contributed by atoms with E-state index in [0.29, 0.717) is 6.41 Å². The predicted molar refractivity (Wildman–Crippen MR) is 26.5 cm³/mol.